The molecule has 2 aliphatic rings. The number of aliphatic hydroxyl groups is 1. The van der Waals surface area contributed by atoms with E-state index in [1.807, 2.05) is 4.90 Å². The van der Waals surface area contributed by atoms with E-state index in [1.54, 1.807) is 6.07 Å². The smallest absolute Gasteiger partial charge is 0.289 e. The highest BCUT2D eigenvalue weighted by molar-refractivity contribution is 5.94. The molecule has 2 aliphatic heterocycles. The molecular weight excluding hydrogens is 373 g/mol. The van der Waals surface area contributed by atoms with Crippen molar-refractivity contribution in [2.75, 3.05) is 52.9 Å². The molecular formula is C21H30FN5O2. The average molecular weight is 404 g/mol. The van der Waals surface area contributed by atoms with Crippen molar-refractivity contribution in [3.05, 3.63) is 29.8 Å². The number of hydrogen-bond acceptors (Lipinski definition) is 5. The number of carbonyl (C=O) groups excluding carboxylic acids is 1. The number of hydrogen-bond donors (Lipinski definition) is 2. The second-order valence-electron chi connectivity index (χ2n) is 8.32. The minimum Gasteiger partial charge on any atom is -0.396 e. The highest BCUT2D eigenvalue weighted by Crippen LogP contribution is 2.28. The lowest BCUT2D eigenvalue weighted by Gasteiger charge is -2.46. The number of nitrogens with zero attached hydrogens (tertiary/aromatic N) is 4. The maximum absolute atomic E-state index is 13.4. The van der Waals surface area contributed by atoms with Crippen molar-refractivity contribution in [3.63, 3.8) is 0 Å². The zero-order valence-electron chi connectivity index (χ0n) is 17.0. The van der Waals surface area contributed by atoms with Crippen LogP contribution < -0.4 is 0 Å². The Morgan fingerprint density at radius 1 is 1.28 bits per heavy atom. The third-order valence-corrected chi connectivity index (χ3v) is 6.37. The zero-order valence-corrected chi connectivity index (χ0v) is 17.0. The van der Waals surface area contributed by atoms with Crippen molar-refractivity contribution in [1.82, 2.24) is 24.7 Å². The van der Waals surface area contributed by atoms with E-state index in [2.05, 4.69) is 26.8 Å². The lowest BCUT2D eigenvalue weighted by molar-refractivity contribution is 0.0213. The van der Waals surface area contributed by atoms with E-state index in [4.69, 9.17) is 0 Å². The fourth-order valence-corrected chi connectivity index (χ4v) is 4.71. The third-order valence-electron chi connectivity index (χ3n) is 6.37. The first-order valence-electron chi connectivity index (χ1n) is 10.5. The first kappa shape index (κ1) is 20.3. The summed E-state index contributed by atoms with van der Waals surface area (Å²) in [5.41, 5.74) is 1.14. The number of aliphatic hydroxyl groups excluding tert-OH is 1. The summed E-state index contributed by atoms with van der Waals surface area (Å²) in [6, 6.07) is 4.75. The van der Waals surface area contributed by atoms with E-state index in [-0.39, 0.29) is 24.2 Å². The molecule has 2 atom stereocenters. The Hall–Kier alpha value is -2.03. The molecule has 7 nitrogen and oxygen atoms in total. The van der Waals surface area contributed by atoms with Gasteiger partial charge in [0.2, 0.25) is 0 Å². The molecule has 2 N–H and O–H groups in total. The number of aromatic nitrogens is 2. The number of carbonyl (C=O) groups is 1. The van der Waals surface area contributed by atoms with Crippen LogP contribution in [0.25, 0.3) is 11.0 Å². The molecule has 1 aromatic heterocycles. The molecule has 3 heterocycles. The Kier molecular flexibility index (Phi) is 6.12. The highest BCUT2D eigenvalue weighted by Gasteiger charge is 2.36. The van der Waals surface area contributed by atoms with Gasteiger partial charge in [-0.2, -0.15) is 0 Å². The highest BCUT2D eigenvalue weighted by atomic mass is 19.1. The molecule has 0 aliphatic carbocycles. The second-order valence-corrected chi connectivity index (χ2v) is 8.32. The van der Waals surface area contributed by atoms with Crippen LogP contribution in [0.2, 0.25) is 0 Å². The van der Waals surface area contributed by atoms with Gasteiger partial charge in [-0.05, 0) is 50.4 Å². The van der Waals surface area contributed by atoms with Gasteiger partial charge in [0.1, 0.15) is 5.82 Å². The zero-order chi connectivity index (χ0) is 20.4. The Bertz CT molecular complexity index is 849. The van der Waals surface area contributed by atoms with Gasteiger partial charge in [-0.3, -0.25) is 9.69 Å². The molecule has 2 aromatic rings. The molecule has 2 unspecified atom stereocenters. The van der Waals surface area contributed by atoms with Crippen LogP contribution in [0, 0.1) is 11.7 Å². The van der Waals surface area contributed by atoms with E-state index >= 15 is 0 Å². The van der Waals surface area contributed by atoms with E-state index < -0.39 is 0 Å². The monoisotopic (exact) mass is 403 g/mol. The van der Waals surface area contributed by atoms with Crippen LogP contribution >= 0.6 is 0 Å². The van der Waals surface area contributed by atoms with Gasteiger partial charge < -0.3 is 19.9 Å². The number of piperazine rings is 1. The first-order valence-corrected chi connectivity index (χ1v) is 10.5. The topological polar surface area (TPSA) is 75.7 Å². The van der Waals surface area contributed by atoms with Gasteiger partial charge in [0.25, 0.3) is 5.91 Å². The van der Waals surface area contributed by atoms with E-state index in [0.29, 0.717) is 36.1 Å². The summed E-state index contributed by atoms with van der Waals surface area (Å²) in [6.45, 7) is 5.79. The number of rotatable bonds is 5. The largest absolute Gasteiger partial charge is 0.396 e. The molecule has 2 fully saturated rings. The van der Waals surface area contributed by atoms with Gasteiger partial charge in [0, 0.05) is 51.9 Å². The molecule has 158 valence electrons. The molecule has 2 saturated heterocycles. The van der Waals surface area contributed by atoms with Crippen LogP contribution in [0.3, 0.4) is 0 Å². The van der Waals surface area contributed by atoms with Gasteiger partial charge >= 0.3 is 0 Å². The maximum atomic E-state index is 13.4. The van der Waals surface area contributed by atoms with Gasteiger partial charge in [-0.25, -0.2) is 9.37 Å². The number of likely N-dealkylation sites (N-methyl/N-ethyl adjacent to an activating group) is 1. The molecule has 0 radical (unpaired) electrons. The van der Waals surface area contributed by atoms with E-state index in [0.717, 1.165) is 45.4 Å². The van der Waals surface area contributed by atoms with E-state index in [9.17, 15) is 14.3 Å². The molecule has 29 heavy (non-hydrogen) atoms. The van der Waals surface area contributed by atoms with Crippen molar-refractivity contribution >= 4 is 16.9 Å². The summed E-state index contributed by atoms with van der Waals surface area (Å²) < 4.78 is 13.4. The van der Waals surface area contributed by atoms with E-state index in [1.165, 1.54) is 12.1 Å². The Morgan fingerprint density at radius 3 is 2.83 bits per heavy atom. The number of halogens is 1. The third kappa shape index (κ3) is 4.44. The van der Waals surface area contributed by atoms with Gasteiger partial charge in [-0.1, -0.05) is 0 Å². The number of H-pyrrole nitrogens is 1. The number of likely N-dealkylation sites (tertiary alicyclic amines) is 1. The van der Waals surface area contributed by atoms with Gasteiger partial charge in [0.15, 0.2) is 5.82 Å². The number of benzene rings is 1. The standard InChI is InChI=1S/C21H30FN5O2/c1-25-8-10-26(11-9-25)19-6-7-27(14-15(19)3-2-12-28)21(29)20-23-17-5-4-16(22)13-18(17)24-20/h4-5,13,15,19,28H,2-3,6-12,14H2,1H3,(H,23,24). The molecule has 1 amide bonds. The molecule has 0 saturated carbocycles. The molecule has 0 spiro atoms. The molecule has 0 bridgehead atoms. The minimum atomic E-state index is -0.350. The predicted octanol–water partition coefficient (Wildman–Crippen LogP) is 1.55. The second kappa shape index (κ2) is 8.77. The summed E-state index contributed by atoms with van der Waals surface area (Å²) >= 11 is 0. The lowest BCUT2D eigenvalue weighted by atomic mass is 9.86. The summed E-state index contributed by atoms with van der Waals surface area (Å²) in [5, 5.41) is 9.34. The SMILES string of the molecule is CN1CCN(C2CCN(C(=O)c3nc4ccc(F)cc4[nH]3)CC2CCCO)CC1. The van der Waals surface area contributed by atoms with Crippen molar-refractivity contribution in [3.8, 4) is 0 Å². The molecule has 1 aromatic carbocycles. The van der Waals surface area contributed by atoms with Crippen LogP contribution in [0.4, 0.5) is 4.39 Å². The van der Waals surface area contributed by atoms with Gasteiger partial charge in [-0.15, -0.1) is 0 Å². The van der Waals surface area contributed by atoms with Crippen LogP contribution in [0.5, 0.6) is 0 Å². The summed E-state index contributed by atoms with van der Waals surface area (Å²) in [6.07, 6.45) is 2.59. The van der Waals surface area contributed by atoms with Crippen molar-refractivity contribution in [2.45, 2.75) is 25.3 Å². The van der Waals surface area contributed by atoms with Crippen LogP contribution in [-0.2, 0) is 0 Å². The Morgan fingerprint density at radius 2 is 2.07 bits per heavy atom. The fourth-order valence-electron chi connectivity index (χ4n) is 4.71. The number of imidazole rings is 1. The van der Waals surface area contributed by atoms with Crippen molar-refractivity contribution < 1.29 is 14.3 Å². The summed E-state index contributed by atoms with van der Waals surface area (Å²) in [5.74, 6) is 0.124. The van der Waals surface area contributed by atoms with Crippen LogP contribution in [0.1, 0.15) is 29.9 Å². The maximum Gasteiger partial charge on any atom is 0.289 e. The first-order chi connectivity index (χ1) is 14.0. The number of aromatic amines is 1. The number of piperidine rings is 1. The van der Waals surface area contributed by atoms with Gasteiger partial charge in [0.05, 0.1) is 11.0 Å². The Labute approximate surface area is 170 Å². The fraction of sp³-hybridized carbons (Fsp3) is 0.619. The summed E-state index contributed by atoms with van der Waals surface area (Å²) in [4.78, 5) is 27.2. The Balaban J connectivity index is 1.47. The van der Waals surface area contributed by atoms with Crippen LogP contribution in [-0.4, -0.2) is 94.6 Å². The molecule has 8 heteroatoms. The number of nitrogens with one attached hydrogen (secondary N) is 1. The summed E-state index contributed by atoms with van der Waals surface area (Å²) in [7, 11) is 2.15. The molecule has 4 rings (SSSR count). The normalized spacial score (nSPS) is 24.3. The number of fused-ring (bicyclic) bond motifs is 1. The van der Waals surface area contributed by atoms with Crippen molar-refractivity contribution in [2.24, 2.45) is 5.92 Å². The minimum absolute atomic E-state index is 0.132. The quantitative estimate of drug-likeness (QED) is 0.792. The number of amides is 1. The van der Waals surface area contributed by atoms with Crippen molar-refractivity contribution in [1.29, 1.82) is 0 Å². The predicted molar refractivity (Wildman–Crippen MR) is 109 cm³/mol. The average Bonchev–Trinajstić information content (AvgIpc) is 3.15. The van der Waals surface area contributed by atoms with Crippen LogP contribution in [0.15, 0.2) is 18.2 Å². The lowest BCUT2D eigenvalue weighted by Crippen LogP contribution is -2.57.